The molecule has 0 unspecified atom stereocenters. The molecule has 0 fully saturated rings. The molecule has 0 saturated heterocycles. The monoisotopic (exact) mass is 300 g/mol. The Balaban J connectivity index is 2.44. The van der Waals surface area contributed by atoms with Crippen molar-refractivity contribution in [3.05, 3.63) is 36.4 Å². The zero-order valence-electron chi connectivity index (χ0n) is 11.1. The van der Waals surface area contributed by atoms with Crippen LogP contribution in [0.3, 0.4) is 0 Å². The molecule has 2 aromatic rings. The predicted molar refractivity (Wildman–Crippen MR) is 66.6 cm³/mol. The maximum atomic E-state index is 12.6. The minimum atomic E-state index is -4.59. The zero-order chi connectivity index (χ0) is 15.6. The van der Waals surface area contributed by atoms with Gasteiger partial charge in [0.1, 0.15) is 12.0 Å². The summed E-state index contributed by atoms with van der Waals surface area (Å²) in [6.45, 7) is 0. The van der Waals surface area contributed by atoms with Crippen LogP contribution in [0, 0.1) is 0 Å². The van der Waals surface area contributed by atoms with Gasteiger partial charge in [0.2, 0.25) is 0 Å². The number of carbonyl (C=O) groups excluding carboxylic acids is 1. The minimum Gasteiger partial charge on any atom is -0.464 e. The van der Waals surface area contributed by atoms with Crippen LogP contribution in [-0.4, -0.2) is 32.2 Å². The van der Waals surface area contributed by atoms with Crippen molar-refractivity contribution in [1.82, 2.24) is 19.1 Å². The van der Waals surface area contributed by atoms with E-state index in [-0.39, 0.29) is 5.70 Å². The molecule has 0 amide bonds. The summed E-state index contributed by atoms with van der Waals surface area (Å²) < 4.78 is 44.8. The number of rotatable bonds is 3. The smallest absolute Gasteiger partial charge is 0.434 e. The van der Waals surface area contributed by atoms with Crippen LogP contribution in [0.25, 0.3) is 11.8 Å². The van der Waals surface area contributed by atoms with Crippen molar-refractivity contribution in [3.8, 4) is 0 Å². The van der Waals surface area contributed by atoms with Gasteiger partial charge in [-0.3, -0.25) is 4.57 Å². The lowest BCUT2D eigenvalue weighted by molar-refractivity contribution is -0.141. The predicted octanol–water partition coefficient (Wildman–Crippen LogP) is 1.81. The van der Waals surface area contributed by atoms with Crippen LogP contribution in [0.1, 0.15) is 11.4 Å². The first-order valence-electron chi connectivity index (χ1n) is 5.71. The molecule has 2 rings (SSSR count). The molecule has 0 atom stereocenters. The van der Waals surface area contributed by atoms with Crippen LogP contribution in [0.5, 0.6) is 0 Å². The second-order valence-corrected chi connectivity index (χ2v) is 4.15. The average Bonchev–Trinajstić information content (AvgIpc) is 3.03. The molecule has 0 bridgehead atoms. The Hall–Kier alpha value is -2.58. The highest BCUT2D eigenvalue weighted by atomic mass is 19.4. The largest absolute Gasteiger partial charge is 0.464 e. The number of nitrogens with zero attached hydrogens (tertiary/aromatic N) is 4. The lowest BCUT2D eigenvalue weighted by atomic mass is 10.3. The number of halogens is 3. The molecule has 0 aliphatic carbocycles. The summed E-state index contributed by atoms with van der Waals surface area (Å²) >= 11 is 0. The van der Waals surface area contributed by atoms with Gasteiger partial charge in [0.15, 0.2) is 5.69 Å². The molecule has 6 nitrogen and oxygen atoms in total. The number of alkyl halides is 3. The van der Waals surface area contributed by atoms with E-state index in [1.165, 1.54) is 12.4 Å². The van der Waals surface area contributed by atoms with Crippen LogP contribution >= 0.6 is 0 Å². The fraction of sp³-hybridized carbons (Fsp3) is 0.250. The molecule has 0 saturated carbocycles. The van der Waals surface area contributed by atoms with Gasteiger partial charge in [-0.2, -0.15) is 13.2 Å². The summed E-state index contributed by atoms with van der Waals surface area (Å²) in [7, 11) is 2.86. The Morgan fingerprint density at radius 3 is 2.48 bits per heavy atom. The Morgan fingerprint density at radius 1 is 1.29 bits per heavy atom. The molecule has 0 aliphatic heterocycles. The van der Waals surface area contributed by atoms with E-state index < -0.39 is 17.8 Å². The van der Waals surface area contributed by atoms with E-state index in [1.54, 1.807) is 17.8 Å². The van der Waals surface area contributed by atoms with Crippen LogP contribution in [0.15, 0.2) is 25.0 Å². The molecule has 112 valence electrons. The molecule has 0 N–H and O–H groups in total. The first kappa shape index (κ1) is 14.8. The van der Waals surface area contributed by atoms with Crippen molar-refractivity contribution in [2.75, 3.05) is 7.11 Å². The van der Waals surface area contributed by atoms with Gasteiger partial charge in [0.25, 0.3) is 0 Å². The molecular formula is C12H11F3N4O2. The van der Waals surface area contributed by atoms with E-state index in [1.807, 2.05) is 0 Å². The van der Waals surface area contributed by atoms with Gasteiger partial charge in [0, 0.05) is 19.4 Å². The fourth-order valence-corrected chi connectivity index (χ4v) is 1.59. The number of hydrogen-bond acceptors (Lipinski definition) is 4. The lowest BCUT2D eigenvalue weighted by Crippen LogP contribution is -2.10. The topological polar surface area (TPSA) is 61.9 Å². The molecule has 0 spiro atoms. The highest BCUT2D eigenvalue weighted by Gasteiger charge is 2.34. The van der Waals surface area contributed by atoms with Crippen LogP contribution in [0.2, 0.25) is 0 Å². The quantitative estimate of drug-likeness (QED) is 0.640. The first-order chi connectivity index (χ1) is 9.81. The second kappa shape index (κ2) is 5.43. The standard InChI is InChI=1S/C12H11F3N4O2/c1-18-4-8(16-6-18)3-9(11(20)21-2)19-5-10(17-7-19)12(13,14)15/h3-7H,1-2H3/b9-3-. The van der Waals surface area contributed by atoms with E-state index in [4.69, 9.17) is 0 Å². The highest BCUT2D eigenvalue weighted by molar-refractivity contribution is 6.15. The summed E-state index contributed by atoms with van der Waals surface area (Å²) in [5.74, 6) is -0.799. The summed E-state index contributed by atoms with van der Waals surface area (Å²) in [6.07, 6.45) is 1.44. The summed E-state index contributed by atoms with van der Waals surface area (Å²) in [6, 6.07) is 0. The highest BCUT2D eigenvalue weighted by Crippen LogP contribution is 2.28. The van der Waals surface area contributed by atoms with Gasteiger partial charge >= 0.3 is 12.1 Å². The van der Waals surface area contributed by atoms with E-state index in [0.29, 0.717) is 11.9 Å². The Kier molecular flexibility index (Phi) is 3.83. The number of carbonyl (C=O) groups is 1. The molecule has 0 aromatic carbocycles. The summed E-state index contributed by atoms with van der Waals surface area (Å²) in [4.78, 5) is 18.9. The molecule has 2 heterocycles. The van der Waals surface area contributed by atoms with Crippen LogP contribution in [-0.2, 0) is 22.8 Å². The Morgan fingerprint density at radius 2 is 2.00 bits per heavy atom. The second-order valence-electron chi connectivity index (χ2n) is 4.15. The van der Waals surface area contributed by atoms with Gasteiger partial charge in [-0.05, 0) is 6.08 Å². The number of aromatic nitrogens is 4. The zero-order valence-corrected chi connectivity index (χ0v) is 11.1. The number of aryl methyl sites for hydroxylation is 1. The van der Waals surface area contributed by atoms with Crippen molar-refractivity contribution in [1.29, 1.82) is 0 Å². The van der Waals surface area contributed by atoms with Crippen molar-refractivity contribution >= 4 is 17.7 Å². The molecule has 2 aromatic heterocycles. The maximum Gasteiger partial charge on any atom is 0.434 e. The van der Waals surface area contributed by atoms with E-state index in [2.05, 4.69) is 14.7 Å². The minimum absolute atomic E-state index is 0.126. The maximum absolute atomic E-state index is 12.6. The third-order valence-electron chi connectivity index (χ3n) is 2.56. The van der Waals surface area contributed by atoms with Crippen molar-refractivity contribution in [3.63, 3.8) is 0 Å². The van der Waals surface area contributed by atoms with E-state index in [9.17, 15) is 18.0 Å². The van der Waals surface area contributed by atoms with Gasteiger partial charge < -0.3 is 9.30 Å². The van der Waals surface area contributed by atoms with Gasteiger partial charge in [-0.15, -0.1) is 0 Å². The van der Waals surface area contributed by atoms with Gasteiger partial charge in [-0.1, -0.05) is 0 Å². The van der Waals surface area contributed by atoms with Crippen molar-refractivity contribution in [2.24, 2.45) is 7.05 Å². The van der Waals surface area contributed by atoms with E-state index in [0.717, 1.165) is 18.0 Å². The number of methoxy groups -OCH3 is 1. The van der Waals surface area contributed by atoms with Crippen molar-refractivity contribution in [2.45, 2.75) is 6.18 Å². The summed E-state index contributed by atoms with van der Waals surface area (Å²) in [5.41, 5.74) is -0.822. The number of ether oxygens (including phenoxy) is 1. The van der Waals surface area contributed by atoms with Gasteiger partial charge in [-0.25, -0.2) is 14.8 Å². The summed E-state index contributed by atoms with van der Waals surface area (Å²) in [5, 5.41) is 0. The third kappa shape index (κ3) is 3.30. The van der Waals surface area contributed by atoms with Gasteiger partial charge in [0.05, 0.1) is 19.1 Å². The normalized spacial score (nSPS) is 12.5. The molecule has 9 heteroatoms. The Bertz CT molecular complexity index is 685. The van der Waals surface area contributed by atoms with Crippen LogP contribution in [0.4, 0.5) is 13.2 Å². The van der Waals surface area contributed by atoms with Crippen molar-refractivity contribution < 1.29 is 22.7 Å². The first-order valence-corrected chi connectivity index (χ1v) is 5.71. The molecule has 21 heavy (non-hydrogen) atoms. The third-order valence-corrected chi connectivity index (χ3v) is 2.56. The Labute approximate surface area is 117 Å². The SMILES string of the molecule is COC(=O)/C(=C/c1cn(C)cn1)n1cnc(C(F)(F)F)c1. The number of hydrogen-bond donors (Lipinski definition) is 0. The average molecular weight is 300 g/mol. The molecule has 0 radical (unpaired) electrons. The number of imidazole rings is 2. The lowest BCUT2D eigenvalue weighted by Gasteiger charge is -2.05. The number of esters is 1. The van der Waals surface area contributed by atoms with Crippen LogP contribution < -0.4 is 0 Å². The molecular weight excluding hydrogens is 289 g/mol. The molecule has 0 aliphatic rings. The van der Waals surface area contributed by atoms with E-state index >= 15 is 0 Å². The fourth-order valence-electron chi connectivity index (χ4n) is 1.59.